The third-order valence-corrected chi connectivity index (χ3v) is 5.49. The van der Waals surface area contributed by atoms with Crippen LogP contribution in [0.15, 0.2) is 43.0 Å². The second-order valence-corrected chi connectivity index (χ2v) is 7.42. The number of anilines is 3. The van der Waals surface area contributed by atoms with E-state index in [1.54, 1.807) is 17.2 Å². The number of carbonyl (C=O) groups is 1. The first kappa shape index (κ1) is 19.2. The molecule has 2 bridgehead atoms. The molecule has 10 heteroatoms. The standard InChI is InChI=1S/C21H20FN7O2/c1-31-19-8-18(24-12-25-19)27-21(30)29-15-3-2-6-28(11-15)17-5-4-16(26-20(17)29)13-7-14(22)10-23-9-13/h4-5,7-10,12,15H,2-3,6,11H2,1H3,(H,24,25,27,30)/t15-/m0/s1. The number of amides is 2. The van der Waals surface area contributed by atoms with Gasteiger partial charge < -0.3 is 9.64 Å². The summed E-state index contributed by atoms with van der Waals surface area (Å²) in [5.74, 6) is 0.788. The second kappa shape index (κ2) is 7.78. The average molecular weight is 421 g/mol. The van der Waals surface area contributed by atoms with Crippen LogP contribution in [0.2, 0.25) is 0 Å². The van der Waals surface area contributed by atoms with Crippen LogP contribution in [0.3, 0.4) is 0 Å². The van der Waals surface area contributed by atoms with Crippen LogP contribution in [-0.4, -0.2) is 52.2 Å². The predicted molar refractivity (Wildman–Crippen MR) is 113 cm³/mol. The van der Waals surface area contributed by atoms with Gasteiger partial charge in [0.05, 0.1) is 30.7 Å². The lowest BCUT2D eigenvalue weighted by Crippen LogP contribution is -2.56. The summed E-state index contributed by atoms with van der Waals surface area (Å²) in [7, 11) is 1.50. The minimum atomic E-state index is -0.440. The Morgan fingerprint density at radius 2 is 2.16 bits per heavy atom. The zero-order chi connectivity index (χ0) is 21.4. The summed E-state index contributed by atoms with van der Waals surface area (Å²) in [6.07, 6.45) is 5.87. The number of aromatic nitrogens is 4. The number of hydrogen-bond acceptors (Lipinski definition) is 7. The van der Waals surface area contributed by atoms with E-state index in [0.29, 0.717) is 28.8 Å². The lowest BCUT2D eigenvalue weighted by molar-refractivity contribution is 0.252. The van der Waals surface area contributed by atoms with E-state index < -0.39 is 5.82 Å². The largest absolute Gasteiger partial charge is 0.481 e. The number of nitrogens with zero attached hydrogens (tertiary/aromatic N) is 6. The Labute approximate surface area is 177 Å². The van der Waals surface area contributed by atoms with Crippen LogP contribution in [-0.2, 0) is 0 Å². The number of ether oxygens (including phenoxy) is 1. The van der Waals surface area contributed by atoms with Gasteiger partial charge in [0.25, 0.3) is 0 Å². The maximum Gasteiger partial charge on any atom is 0.329 e. The normalized spacial score (nSPS) is 17.2. The molecule has 0 aliphatic carbocycles. The average Bonchev–Trinajstić information content (AvgIpc) is 2.79. The maximum absolute atomic E-state index is 13.7. The number of carbonyl (C=O) groups excluding carboxylic acids is 1. The van der Waals surface area contributed by atoms with E-state index in [1.807, 2.05) is 12.1 Å². The van der Waals surface area contributed by atoms with Crippen molar-refractivity contribution in [2.45, 2.75) is 18.9 Å². The number of methoxy groups -OCH3 is 1. The molecular formula is C21H20FN7O2. The van der Waals surface area contributed by atoms with Crippen LogP contribution in [0.25, 0.3) is 11.3 Å². The topological polar surface area (TPSA) is 96.4 Å². The fourth-order valence-corrected chi connectivity index (χ4v) is 4.09. The van der Waals surface area contributed by atoms with Gasteiger partial charge in [-0.25, -0.2) is 24.1 Å². The Hall–Kier alpha value is -3.82. The van der Waals surface area contributed by atoms with Crippen molar-refractivity contribution in [2.75, 3.05) is 35.3 Å². The summed E-state index contributed by atoms with van der Waals surface area (Å²) in [4.78, 5) is 33.9. The van der Waals surface area contributed by atoms with Crippen LogP contribution in [0.5, 0.6) is 5.88 Å². The van der Waals surface area contributed by atoms with Gasteiger partial charge in [-0.1, -0.05) is 0 Å². The summed E-state index contributed by atoms with van der Waals surface area (Å²) in [6, 6.07) is 6.32. The van der Waals surface area contributed by atoms with Gasteiger partial charge in [-0.2, -0.15) is 0 Å². The molecule has 0 unspecified atom stereocenters. The molecule has 0 saturated carbocycles. The molecule has 1 fully saturated rings. The van der Waals surface area contributed by atoms with E-state index in [2.05, 4.69) is 25.2 Å². The first-order valence-corrected chi connectivity index (χ1v) is 9.95. The van der Waals surface area contributed by atoms with Crippen LogP contribution in [0.4, 0.5) is 26.5 Å². The van der Waals surface area contributed by atoms with Crippen molar-refractivity contribution in [3.8, 4) is 17.1 Å². The number of fused-ring (bicyclic) bond motifs is 4. The summed E-state index contributed by atoms with van der Waals surface area (Å²) < 4.78 is 18.8. The molecule has 1 atom stereocenters. The minimum Gasteiger partial charge on any atom is -0.481 e. The van der Waals surface area contributed by atoms with E-state index in [4.69, 9.17) is 9.72 Å². The monoisotopic (exact) mass is 421 g/mol. The highest BCUT2D eigenvalue weighted by atomic mass is 19.1. The number of rotatable bonds is 3. The van der Waals surface area contributed by atoms with E-state index in [0.717, 1.165) is 37.8 Å². The van der Waals surface area contributed by atoms with Crippen molar-refractivity contribution in [3.05, 3.63) is 48.8 Å². The van der Waals surface area contributed by atoms with Crippen molar-refractivity contribution in [3.63, 3.8) is 0 Å². The molecule has 31 heavy (non-hydrogen) atoms. The van der Waals surface area contributed by atoms with Gasteiger partial charge in [-0.3, -0.25) is 15.2 Å². The minimum absolute atomic E-state index is 0.0293. The third-order valence-electron chi connectivity index (χ3n) is 5.49. The molecule has 5 rings (SSSR count). The highest BCUT2D eigenvalue weighted by Gasteiger charge is 2.38. The van der Waals surface area contributed by atoms with Gasteiger partial charge in [-0.05, 0) is 31.0 Å². The Bertz CT molecular complexity index is 1140. The van der Waals surface area contributed by atoms with E-state index in [9.17, 15) is 9.18 Å². The van der Waals surface area contributed by atoms with Crippen molar-refractivity contribution in [2.24, 2.45) is 0 Å². The Kier molecular flexibility index (Phi) is 4.81. The second-order valence-electron chi connectivity index (χ2n) is 7.42. The van der Waals surface area contributed by atoms with Gasteiger partial charge >= 0.3 is 6.03 Å². The maximum atomic E-state index is 13.7. The van der Waals surface area contributed by atoms with Crippen molar-refractivity contribution < 1.29 is 13.9 Å². The van der Waals surface area contributed by atoms with E-state index >= 15 is 0 Å². The molecule has 3 aromatic rings. The molecule has 2 aliphatic heterocycles. The van der Waals surface area contributed by atoms with Gasteiger partial charge in [-0.15, -0.1) is 0 Å². The Balaban J connectivity index is 1.53. The van der Waals surface area contributed by atoms with Gasteiger partial charge in [0, 0.05) is 30.9 Å². The zero-order valence-electron chi connectivity index (χ0n) is 16.8. The number of pyridine rings is 2. The Morgan fingerprint density at radius 1 is 1.26 bits per heavy atom. The molecule has 2 aliphatic rings. The fourth-order valence-electron chi connectivity index (χ4n) is 4.09. The number of halogens is 1. The van der Waals surface area contributed by atoms with Crippen molar-refractivity contribution >= 4 is 23.4 Å². The Morgan fingerprint density at radius 3 is 3.00 bits per heavy atom. The molecule has 0 radical (unpaired) electrons. The van der Waals surface area contributed by atoms with Crippen LogP contribution in [0, 0.1) is 5.82 Å². The number of urea groups is 1. The lowest BCUT2D eigenvalue weighted by atomic mass is 9.99. The molecule has 1 N–H and O–H groups in total. The molecule has 3 aromatic heterocycles. The highest BCUT2D eigenvalue weighted by Crippen LogP contribution is 2.39. The number of piperidine rings is 1. The fraction of sp³-hybridized carbons (Fsp3) is 0.286. The molecule has 1 saturated heterocycles. The van der Waals surface area contributed by atoms with Gasteiger partial charge in [0.2, 0.25) is 5.88 Å². The molecule has 2 amide bonds. The van der Waals surface area contributed by atoms with E-state index in [-0.39, 0.29) is 12.1 Å². The highest BCUT2D eigenvalue weighted by molar-refractivity contribution is 6.04. The summed E-state index contributed by atoms with van der Waals surface area (Å²) in [6.45, 7) is 1.64. The molecule has 158 valence electrons. The quantitative estimate of drug-likeness (QED) is 0.694. The van der Waals surface area contributed by atoms with Gasteiger partial charge in [0.15, 0.2) is 5.82 Å². The first-order chi connectivity index (χ1) is 15.1. The summed E-state index contributed by atoms with van der Waals surface area (Å²) in [5.41, 5.74) is 1.97. The predicted octanol–water partition coefficient (Wildman–Crippen LogP) is 3.10. The lowest BCUT2D eigenvalue weighted by Gasteiger charge is -2.45. The van der Waals surface area contributed by atoms with Crippen LogP contribution < -0.4 is 19.9 Å². The first-order valence-electron chi connectivity index (χ1n) is 9.95. The van der Waals surface area contributed by atoms with Crippen LogP contribution >= 0.6 is 0 Å². The zero-order valence-corrected chi connectivity index (χ0v) is 16.8. The molecule has 9 nitrogen and oxygen atoms in total. The summed E-state index contributed by atoms with van der Waals surface area (Å²) in [5, 5.41) is 2.82. The van der Waals surface area contributed by atoms with Crippen LogP contribution in [0.1, 0.15) is 12.8 Å². The molecule has 0 aromatic carbocycles. The van der Waals surface area contributed by atoms with Crippen molar-refractivity contribution in [1.82, 2.24) is 19.9 Å². The van der Waals surface area contributed by atoms with E-state index in [1.165, 1.54) is 19.5 Å². The molecular weight excluding hydrogens is 401 g/mol. The molecule has 5 heterocycles. The number of hydrogen-bond donors (Lipinski definition) is 1. The third kappa shape index (κ3) is 3.60. The summed E-state index contributed by atoms with van der Waals surface area (Å²) >= 11 is 0. The number of nitrogens with one attached hydrogen (secondary N) is 1. The van der Waals surface area contributed by atoms with Gasteiger partial charge in [0.1, 0.15) is 18.0 Å². The molecule has 0 spiro atoms. The smallest absolute Gasteiger partial charge is 0.329 e. The van der Waals surface area contributed by atoms with Crippen molar-refractivity contribution in [1.29, 1.82) is 0 Å². The SMILES string of the molecule is COc1cc(NC(=O)N2c3nc(-c4cncc(F)c4)ccc3N3CCC[C@H]2C3)ncn1.